The molecule has 0 unspecified atom stereocenters. The Kier molecular flexibility index (Phi) is 5.64. The summed E-state index contributed by atoms with van der Waals surface area (Å²) in [7, 11) is 0. The highest BCUT2D eigenvalue weighted by atomic mass is 79.9. The Morgan fingerprint density at radius 2 is 2.17 bits per heavy atom. The molecule has 0 aromatic heterocycles. The molecule has 18 heavy (non-hydrogen) atoms. The number of hydrogen-bond donors (Lipinski definition) is 2. The molecule has 1 aromatic rings. The fraction of sp³-hybridized carbons (Fsp3) is 0.500. The maximum atomic E-state index is 9.04. The number of aliphatic hydroxyl groups is 1. The van der Waals surface area contributed by atoms with Gasteiger partial charge in [0.1, 0.15) is 6.07 Å². The van der Waals surface area contributed by atoms with Crippen molar-refractivity contribution < 1.29 is 5.11 Å². The van der Waals surface area contributed by atoms with Crippen molar-refractivity contribution in [2.24, 2.45) is 5.41 Å². The van der Waals surface area contributed by atoms with Gasteiger partial charge in [-0.1, -0.05) is 29.8 Å². The molecule has 0 aliphatic heterocycles. The van der Waals surface area contributed by atoms with Gasteiger partial charge in [-0.2, -0.15) is 5.26 Å². The van der Waals surface area contributed by atoms with Gasteiger partial charge in [-0.25, -0.2) is 0 Å². The number of nitrogens with one attached hydrogen (secondary N) is 1. The van der Waals surface area contributed by atoms with Crippen LogP contribution >= 0.6 is 15.9 Å². The lowest BCUT2D eigenvalue weighted by molar-refractivity contribution is 0.248. The Morgan fingerprint density at radius 1 is 1.44 bits per heavy atom. The largest absolute Gasteiger partial charge is 0.396 e. The van der Waals surface area contributed by atoms with Crippen LogP contribution in [0.3, 0.4) is 0 Å². The fourth-order valence-corrected chi connectivity index (χ4v) is 2.10. The molecule has 2 N–H and O–H groups in total. The van der Waals surface area contributed by atoms with E-state index in [-0.39, 0.29) is 12.0 Å². The zero-order chi connectivity index (χ0) is 13.6. The SMILES string of the molecule is CC(C)(CCCO)CNc1cc(Br)ccc1C#N. The number of nitriles is 1. The number of aliphatic hydroxyl groups excluding tert-OH is 1. The first-order valence-corrected chi connectivity index (χ1v) is 6.82. The van der Waals surface area contributed by atoms with Gasteiger partial charge in [0.05, 0.1) is 11.3 Å². The van der Waals surface area contributed by atoms with Crippen LogP contribution in [0.25, 0.3) is 0 Å². The van der Waals surface area contributed by atoms with Crippen molar-refractivity contribution in [3.8, 4) is 6.07 Å². The first kappa shape index (κ1) is 15.0. The molecule has 1 rings (SSSR count). The molecule has 0 spiro atoms. The lowest BCUT2D eigenvalue weighted by Gasteiger charge is -2.25. The predicted octanol–water partition coefficient (Wildman–Crippen LogP) is 3.53. The number of rotatable bonds is 6. The molecule has 4 heteroatoms. The second kappa shape index (κ2) is 6.77. The molecule has 0 heterocycles. The van der Waals surface area contributed by atoms with Gasteiger partial charge >= 0.3 is 0 Å². The highest BCUT2D eigenvalue weighted by molar-refractivity contribution is 9.10. The van der Waals surface area contributed by atoms with E-state index < -0.39 is 0 Å². The minimum Gasteiger partial charge on any atom is -0.396 e. The third-order valence-corrected chi connectivity index (χ3v) is 3.36. The molecule has 0 aliphatic carbocycles. The van der Waals surface area contributed by atoms with E-state index in [0.29, 0.717) is 5.56 Å². The summed E-state index contributed by atoms with van der Waals surface area (Å²) < 4.78 is 0.956. The quantitative estimate of drug-likeness (QED) is 0.845. The van der Waals surface area contributed by atoms with Gasteiger partial charge in [0, 0.05) is 17.6 Å². The lowest BCUT2D eigenvalue weighted by atomic mass is 9.88. The number of benzene rings is 1. The highest BCUT2D eigenvalue weighted by Crippen LogP contribution is 2.25. The van der Waals surface area contributed by atoms with Crippen molar-refractivity contribution in [2.75, 3.05) is 18.5 Å². The molecule has 0 saturated carbocycles. The number of hydrogen-bond acceptors (Lipinski definition) is 3. The van der Waals surface area contributed by atoms with Crippen molar-refractivity contribution in [1.82, 2.24) is 0 Å². The van der Waals surface area contributed by atoms with E-state index >= 15 is 0 Å². The monoisotopic (exact) mass is 310 g/mol. The standard InChI is InChI=1S/C14H19BrN2O/c1-14(2,6-3-7-18)10-17-13-8-12(15)5-4-11(13)9-16/h4-5,8,17-18H,3,6-7,10H2,1-2H3. The molecule has 1 aromatic carbocycles. The third kappa shape index (κ3) is 4.67. The lowest BCUT2D eigenvalue weighted by Crippen LogP contribution is -2.23. The zero-order valence-corrected chi connectivity index (χ0v) is 12.4. The van der Waals surface area contributed by atoms with Crippen LogP contribution < -0.4 is 5.32 Å². The van der Waals surface area contributed by atoms with Gasteiger partial charge in [-0.05, 0) is 36.5 Å². The minimum absolute atomic E-state index is 0.0950. The average Bonchev–Trinajstić information content (AvgIpc) is 2.34. The summed E-state index contributed by atoms with van der Waals surface area (Å²) in [6.07, 6.45) is 1.75. The maximum Gasteiger partial charge on any atom is 0.101 e. The fourth-order valence-electron chi connectivity index (χ4n) is 1.74. The van der Waals surface area contributed by atoms with Gasteiger partial charge in [-0.3, -0.25) is 0 Å². The molecule has 0 fully saturated rings. The molecule has 0 aliphatic rings. The van der Waals surface area contributed by atoms with Crippen LogP contribution in [0.5, 0.6) is 0 Å². The molecule has 0 atom stereocenters. The Hall–Kier alpha value is -1.05. The molecular formula is C14H19BrN2O. The second-order valence-electron chi connectivity index (χ2n) is 5.15. The molecule has 0 amide bonds. The van der Waals surface area contributed by atoms with Crippen molar-refractivity contribution in [2.45, 2.75) is 26.7 Å². The van der Waals surface area contributed by atoms with Crippen molar-refractivity contribution in [3.05, 3.63) is 28.2 Å². The maximum absolute atomic E-state index is 9.04. The summed E-state index contributed by atoms with van der Waals surface area (Å²) in [5.74, 6) is 0. The predicted molar refractivity (Wildman–Crippen MR) is 77.4 cm³/mol. The average molecular weight is 311 g/mol. The van der Waals surface area contributed by atoms with E-state index in [1.807, 2.05) is 12.1 Å². The van der Waals surface area contributed by atoms with Crippen molar-refractivity contribution in [1.29, 1.82) is 5.26 Å². The van der Waals surface area contributed by atoms with Crippen LogP contribution in [0.4, 0.5) is 5.69 Å². The topological polar surface area (TPSA) is 56.0 Å². The van der Waals surface area contributed by atoms with Gasteiger partial charge in [0.25, 0.3) is 0 Å². The summed E-state index contributed by atoms with van der Waals surface area (Å²) in [6.45, 7) is 5.31. The van der Waals surface area contributed by atoms with Crippen LogP contribution in [0.15, 0.2) is 22.7 Å². The summed E-state index contributed by atoms with van der Waals surface area (Å²) in [4.78, 5) is 0. The normalized spacial score (nSPS) is 11.1. The van der Waals surface area contributed by atoms with E-state index in [1.165, 1.54) is 0 Å². The first-order valence-electron chi connectivity index (χ1n) is 6.03. The Balaban J connectivity index is 2.68. The van der Waals surface area contributed by atoms with Gasteiger partial charge in [0.15, 0.2) is 0 Å². The number of halogens is 1. The van der Waals surface area contributed by atoms with Crippen LogP contribution in [0, 0.1) is 16.7 Å². The summed E-state index contributed by atoms with van der Waals surface area (Å²) >= 11 is 3.41. The van der Waals surface area contributed by atoms with E-state index in [9.17, 15) is 0 Å². The molecule has 0 saturated heterocycles. The molecule has 0 bridgehead atoms. The number of anilines is 1. The summed E-state index contributed by atoms with van der Waals surface area (Å²) in [6, 6.07) is 7.76. The summed E-state index contributed by atoms with van der Waals surface area (Å²) in [5, 5.41) is 21.2. The second-order valence-corrected chi connectivity index (χ2v) is 6.06. The van der Waals surface area contributed by atoms with Crippen LogP contribution in [0.1, 0.15) is 32.3 Å². The van der Waals surface area contributed by atoms with Gasteiger partial charge in [0.2, 0.25) is 0 Å². The Morgan fingerprint density at radius 3 is 2.78 bits per heavy atom. The van der Waals surface area contributed by atoms with E-state index in [4.69, 9.17) is 10.4 Å². The third-order valence-electron chi connectivity index (χ3n) is 2.87. The molecule has 3 nitrogen and oxygen atoms in total. The van der Waals surface area contributed by atoms with Crippen LogP contribution in [0.2, 0.25) is 0 Å². The first-order chi connectivity index (χ1) is 8.48. The number of nitrogens with zero attached hydrogens (tertiary/aromatic N) is 1. The smallest absolute Gasteiger partial charge is 0.101 e. The van der Waals surface area contributed by atoms with Gasteiger partial charge < -0.3 is 10.4 Å². The minimum atomic E-state index is 0.0950. The van der Waals surface area contributed by atoms with Gasteiger partial charge in [-0.15, -0.1) is 0 Å². The van der Waals surface area contributed by atoms with Crippen molar-refractivity contribution >= 4 is 21.6 Å². The van der Waals surface area contributed by atoms with Crippen LogP contribution in [-0.4, -0.2) is 18.3 Å². The highest BCUT2D eigenvalue weighted by Gasteiger charge is 2.17. The van der Waals surface area contributed by atoms with Crippen LogP contribution in [-0.2, 0) is 0 Å². The Bertz CT molecular complexity index is 438. The molecular weight excluding hydrogens is 292 g/mol. The molecule has 98 valence electrons. The van der Waals surface area contributed by atoms with E-state index in [2.05, 4.69) is 41.2 Å². The zero-order valence-electron chi connectivity index (χ0n) is 10.8. The molecule has 0 radical (unpaired) electrons. The summed E-state index contributed by atoms with van der Waals surface area (Å²) in [5.41, 5.74) is 1.60. The van der Waals surface area contributed by atoms with Crippen molar-refractivity contribution in [3.63, 3.8) is 0 Å². The Labute approximate surface area is 117 Å². The van der Waals surface area contributed by atoms with E-state index in [1.54, 1.807) is 6.07 Å². The van der Waals surface area contributed by atoms with E-state index in [0.717, 1.165) is 29.5 Å².